The molecule has 0 saturated carbocycles. The van der Waals surface area contributed by atoms with Crippen LogP contribution in [0.4, 0.5) is 0 Å². The maximum absolute atomic E-state index is 13.9. The molecule has 0 amide bonds. The molecule has 0 bridgehead atoms. The lowest BCUT2D eigenvalue weighted by molar-refractivity contribution is -0.139. The molecule has 0 spiro atoms. The predicted molar refractivity (Wildman–Crippen MR) is 159 cm³/mol. The standard InChI is InChI=1S/C31H27ClN2O7S/c1-4-7-23-26(30(38)40-5-2)27(18-8-6-9-19(14-18)39-3)34-28(35)25(42-31(34)33-23)16-20-11-13-24(41-20)17-10-12-21(29(36)37)22(32)15-17/h6,8-16,27H,4-5,7H2,1-3H3,(H,36,37)/b25-16-/t27-/m1/s1. The summed E-state index contributed by atoms with van der Waals surface area (Å²) in [7, 11) is 1.56. The minimum Gasteiger partial charge on any atom is -0.497 e. The predicted octanol–water partition coefficient (Wildman–Crippen LogP) is 5.20. The summed E-state index contributed by atoms with van der Waals surface area (Å²) < 4.78 is 18.7. The zero-order valence-corrected chi connectivity index (χ0v) is 24.6. The first-order valence-electron chi connectivity index (χ1n) is 13.2. The van der Waals surface area contributed by atoms with Gasteiger partial charge in [0.15, 0.2) is 4.80 Å². The highest BCUT2D eigenvalue weighted by molar-refractivity contribution is 7.07. The van der Waals surface area contributed by atoms with Crippen LogP contribution in [-0.2, 0) is 9.53 Å². The SMILES string of the molecule is CCCC1=C(C(=O)OCC)[C@@H](c2cccc(OC)c2)n2c(s/c(=C\c3ccc(-c4ccc(C(=O)O)c(Cl)c4)o3)c2=O)=N1. The quantitative estimate of drug-likeness (QED) is 0.260. The molecular weight excluding hydrogens is 580 g/mol. The van der Waals surface area contributed by atoms with Crippen molar-refractivity contribution in [2.45, 2.75) is 32.7 Å². The van der Waals surface area contributed by atoms with Crippen molar-refractivity contribution in [1.82, 2.24) is 4.57 Å². The van der Waals surface area contributed by atoms with Crippen LogP contribution in [-0.4, -0.2) is 35.3 Å². The summed E-state index contributed by atoms with van der Waals surface area (Å²) in [4.78, 5) is 43.8. The van der Waals surface area contributed by atoms with Crippen molar-refractivity contribution in [3.63, 3.8) is 0 Å². The molecule has 42 heavy (non-hydrogen) atoms. The Balaban J connectivity index is 1.64. The van der Waals surface area contributed by atoms with Crippen molar-refractivity contribution in [2.75, 3.05) is 13.7 Å². The van der Waals surface area contributed by atoms with Gasteiger partial charge in [0, 0.05) is 11.6 Å². The van der Waals surface area contributed by atoms with E-state index in [4.69, 9.17) is 30.5 Å². The van der Waals surface area contributed by atoms with Crippen LogP contribution in [0.1, 0.15) is 54.4 Å². The number of halogens is 1. The minimum absolute atomic E-state index is 0.0106. The number of esters is 1. The van der Waals surface area contributed by atoms with Gasteiger partial charge in [-0.05, 0) is 55.3 Å². The van der Waals surface area contributed by atoms with Crippen molar-refractivity contribution >= 4 is 41.0 Å². The number of benzene rings is 2. The zero-order chi connectivity index (χ0) is 30.0. The number of methoxy groups -OCH3 is 1. The van der Waals surface area contributed by atoms with E-state index in [1.807, 2.05) is 19.1 Å². The number of thiazole rings is 1. The van der Waals surface area contributed by atoms with Gasteiger partial charge < -0.3 is 19.0 Å². The van der Waals surface area contributed by atoms with Gasteiger partial charge in [-0.2, -0.15) is 0 Å². The molecule has 1 N–H and O–H groups in total. The number of ether oxygens (including phenoxy) is 2. The third-order valence-electron chi connectivity index (χ3n) is 6.69. The van der Waals surface area contributed by atoms with Crippen LogP contribution < -0.4 is 19.6 Å². The van der Waals surface area contributed by atoms with E-state index in [9.17, 15) is 19.5 Å². The monoisotopic (exact) mass is 606 g/mol. The number of carbonyl (C=O) groups excluding carboxylic acids is 1. The van der Waals surface area contributed by atoms with Crippen LogP contribution in [0.3, 0.4) is 0 Å². The molecule has 0 radical (unpaired) electrons. The number of carbonyl (C=O) groups is 2. The van der Waals surface area contributed by atoms with Crippen molar-refractivity contribution in [2.24, 2.45) is 4.99 Å². The number of allylic oxidation sites excluding steroid dienone is 1. The van der Waals surface area contributed by atoms with E-state index in [0.717, 1.165) is 6.42 Å². The van der Waals surface area contributed by atoms with Crippen molar-refractivity contribution in [3.05, 3.63) is 107 Å². The van der Waals surface area contributed by atoms with Gasteiger partial charge in [-0.3, -0.25) is 9.36 Å². The summed E-state index contributed by atoms with van der Waals surface area (Å²) in [6.07, 6.45) is 2.90. The lowest BCUT2D eigenvalue weighted by Gasteiger charge is -2.26. The molecule has 2 aromatic heterocycles. The summed E-state index contributed by atoms with van der Waals surface area (Å²) in [5.74, 6) is -0.189. The fraction of sp³-hybridized carbons (Fsp3) is 0.226. The van der Waals surface area contributed by atoms with E-state index in [2.05, 4.69) is 0 Å². The van der Waals surface area contributed by atoms with E-state index in [1.165, 1.54) is 28.0 Å². The highest BCUT2D eigenvalue weighted by atomic mass is 35.5. The molecule has 0 aliphatic carbocycles. The number of carboxylic acid groups (broad SMARTS) is 1. The molecule has 1 aliphatic rings. The van der Waals surface area contributed by atoms with Crippen molar-refractivity contribution in [3.8, 4) is 17.1 Å². The van der Waals surface area contributed by atoms with Gasteiger partial charge in [0.1, 0.15) is 17.3 Å². The molecule has 1 atom stereocenters. The van der Waals surface area contributed by atoms with Gasteiger partial charge in [-0.15, -0.1) is 0 Å². The first-order valence-corrected chi connectivity index (χ1v) is 14.4. The average molecular weight is 607 g/mol. The second-order valence-corrected chi connectivity index (χ2v) is 10.8. The van der Waals surface area contributed by atoms with Crippen molar-refractivity contribution in [1.29, 1.82) is 0 Å². The molecule has 11 heteroatoms. The molecule has 1 aliphatic heterocycles. The van der Waals surface area contributed by atoms with Crippen LogP contribution in [0.15, 0.2) is 80.1 Å². The van der Waals surface area contributed by atoms with E-state index in [-0.39, 0.29) is 22.8 Å². The molecule has 3 heterocycles. The third-order valence-corrected chi connectivity index (χ3v) is 7.98. The van der Waals surface area contributed by atoms with Crippen LogP contribution in [0.2, 0.25) is 5.02 Å². The molecule has 0 unspecified atom stereocenters. The Morgan fingerprint density at radius 3 is 2.67 bits per heavy atom. The van der Waals surface area contributed by atoms with E-state index >= 15 is 0 Å². The first-order chi connectivity index (χ1) is 20.2. The summed E-state index contributed by atoms with van der Waals surface area (Å²) in [6.45, 7) is 3.92. The fourth-order valence-corrected chi connectivity index (χ4v) is 6.07. The van der Waals surface area contributed by atoms with Crippen LogP contribution in [0, 0.1) is 0 Å². The maximum atomic E-state index is 13.9. The molecule has 2 aromatic carbocycles. The number of fused-ring (bicyclic) bond motifs is 1. The van der Waals surface area contributed by atoms with E-state index in [1.54, 1.807) is 50.4 Å². The molecule has 0 fully saturated rings. The van der Waals surface area contributed by atoms with Gasteiger partial charge in [0.2, 0.25) is 0 Å². The Bertz CT molecular complexity index is 1900. The largest absolute Gasteiger partial charge is 0.497 e. The van der Waals surface area contributed by atoms with Gasteiger partial charge in [-0.25, -0.2) is 14.6 Å². The number of aromatic carboxylic acids is 1. The van der Waals surface area contributed by atoms with Crippen molar-refractivity contribution < 1.29 is 28.6 Å². The summed E-state index contributed by atoms with van der Waals surface area (Å²) in [5.41, 5.74) is 1.84. The molecule has 9 nitrogen and oxygen atoms in total. The summed E-state index contributed by atoms with van der Waals surface area (Å²) in [6, 6.07) is 14.4. The Morgan fingerprint density at radius 2 is 1.98 bits per heavy atom. The number of rotatable bonds is 9. The van der Waals surface area contributed by atoms with Crippen LogP contribution >= 0.6 is 22.9 Å². The van der Waals surface area contributed by atoms with Crippen LogP contribution in [0.5, 0.6) is 5.75 Å². The van der Waals surface area contributed by atoms with E-state index < -0.39 is 18.0 Å². The van der Waals surface area contributed by atoms with Gasteiger partial charge >= 0.3 is 11.9 Å². The maximum Gasteiger partial charge on any atom is 0.338 e. The lowest BCUT2D eigenvalue weighted by atomic mass is 9.94. The molecule has 4 aromatic rings. The topological polar surface area (TPSA) is 120 Å². The fourth-order valence-electron chi connectivity index (χ4n) is 4.80. The van der Waals surface area contributed by atoms with Gasteiger partial charge in [0.05, 0.1) is 46.1 Å². The number of aromatic nitrogens is 1. The lowest BCUT2D eigenvalue weighted by Crippen LogP contribution is -2.40. The zero-order valence-electron chi connectivity index (χ0n) is 23.0. The normalized spacial score (nSPS) is 14.9. The number of hydrogen-bond donors (Lipinski definition) is 1. The van der Waals surface area contributed by atoms with Gasteiger partial charge in [-0.1, -0.05) is 54.5 Å². The number of carboxylic acids is 1. The third kappa shape index (κ3) is 5.55. The number of nitrogens with zero attached hydrogens (tertiary/aromatic N) is 2. The first kappa shape index (κ1) is 29.1. The number of furan rings is 1. The smallest absolute Gasteiger partial charge is 0.338 e. The summed E-state index contributed by atoms with van der Waals surface area (Å²) in [5, 5.41) is 9.33. The molecular formula is C31H27ClN2O7S. The van der Waals surface area contributed by atoms with Gasteiger partial charge in [0.25, 0.3) is 5.56 Å². The Kier molecular flexibility index (Phi) is 8.46. The molecule has 216 valence electrons. The molecule has 0 saturated heterocycles. The average Bonchev–Trinajstić information content (AvgIpc) is 3.56. The second kappa shape index (κ2) is 12.2. The Labute approximate surface area is 249 Å². The highest BCUT2D eigenvalue weighted by Crippen LogP contribution is 2.34. The summed E-state index contributed by atoms with van der Waals surface area (Å²) >= 11 is 7.33. The molecule has 5 rings (SSSR count). The van der Waals surface area contributed by atoms with E-state index in [0.29, 0.717) is 55.4 Å². The second-order valence-electron chi connectivity index (χ2n) is 9.39. The Hall–Kier alpha value is -4.41. The number of hydrogen-bond acceptors (Lipinski definition) is 8. The highest BCUT2D eigenvalue weighted by Gasteiger charge is 2.34. The Morgan fingerprint density at radius 1 is 1.17 bits per heavy atom. The van der Waals surface area contributed by atoms with Crippen LogP contribution in [0.25, 0.3) is 17.4 Å². The minimum atomic E-state index is -1.12.